The first-order valence-electron chi connectivity index (χ1n) is 8.93. The lowest BCUT2D eigenvalue weighted by Gasteiger charge is -2.25. The Labute approximate surface area is 165 Å². The summed E-state index contributed by atoms with van der Waals surface area (Å²) < 4.78 is 25.0. The number of para-hydroxylation sites is 1. The highest BCUT2D eigenvalue weighted by Gasteiger charge is 2.30. The van der Waals surface area contributed by atoms with Crippen LogP contribution in [0.4, 0.5) is 11.4 Å². The number of hydrogen-bond acceptors (Lipinski definition) is 4. The van der Waals surface area contributed by atoms with Crippen molar-refractivity contribution in [2.24, 2.45) is 0 Å². The standard InChI is InChI=1S/C22H21NO2S2/c24-27(25,17-21-16-26-21)22-13-11-20(12-14-22)23(19-9-5-2-6-10-19)15-18-7-3-1-4-8-18/h1-14,21H,15-17H2/t21-/m1/s1. The first kappa shape index (κ1) is 18.1. The highest BCUT2D eigenvalue weighted by atomic mass is 32.2. The minimum absolute atomic E-state index is 0.240. The number of benzene rings is 3. The van der Waals surface area contributed by atoms with Gasteiger partial charge in [0.05, 0.1) is 10.6 Å². The molecule has 1 aliphatic rings. The fraction of sp³-hybridized carbons (Fsp3) is 0.182. The van der Waals surface area contributed by atoms with Gasteiger partial charge in [-0.15, -0.1) is 0 Å². The summed E-state index contributed by atoms with van der Waals surface area (Å²) in [5.41, 5.74) is 3.25. The summed E-state index contributed by atoms with van der Waals surface area (Å²) in [6, 6.07) is 27.7. The maximum absolute atomic E-state index is 12.5. The SMILES string of the molecule is O=S(=O)(C[C@H]1CS1)c1ccc(N(Cc2ccccc2)c2ccccc2)cc1. The highest BCUT2D eigenvalue weighted by molar-refractivity contribution is 8.08. The normalized spacial score (nSPS) is 16.1. The molecule has 1 aliphatic heterocycles. The molecule has 3 aromatic carbocycles. The molecular weight excluding hydrogens is 374 g/mol. The Kier molecular flexibility index (Phi) is 5.23. The van der Waals surface area contributed by atoms with E-state index < -0.39 is 9.84 Å². The molecule has 0 saturated carbocycles. The Morgan fingerprint density at radius 2 is 1.37 bits per heavy atom. The van der Waals surface area contributed by atoms with Crippen LogP contribution < -0.4 is 4.90 Å². The zero-order valence-corrected chi connectivity index (χ0v) is 16.5. The Morgan fingerprint density at radius 1 is 0.815 bits per heavy atom. The third-order valence-corrected chi connectivity index (χ3v) is 7.58. The number of rotatable bonds is 7. The number of nitrogens with zero attached hydrogens (tertiary/aromatic N) is 1. The van der Waals surface area contributed by atoms with Crippen molar-refractivity contribution in [1.29, 1.82) is 0 Å². The van der Waals surface area contributed by atoms with Crippen LogP contribution >= 0.6 is 11.8 Å². The van der Waals surface area contributed by atoms with Crippen LogP contribution in [-0.4, -0.2) is 25.2 Å². The molecule has 0 aromatic heterocycles. The van der Waals surface area contributed by atoms with Crippen molar-refractivity contribution in [3.63, 3.8) is 0 Å². The monoisotopic (exact) mass is 395 g/mol. The van der Waals surface area contributed by atoms with Crippen molar-refractivity contribution in [1.82, 2.24) is 0 Å². The van der Waals surface area contributed by atoms with Gasteiger partial charge in [-0.3, -0.25) is 0 Å². The predicted octanol–water partition coefficient (Wildman–Crippen LogP) is 4.91. The van der Waals surface area contributed by atoms with E-state index in [1.165, 1.54) is 5.56 Å². The molecule has 4 rings (SSSR count). The molecule has 0 radical (unpaired) electrons. The van der Waals surface area contributed by atoms with E-state index in [1.54, 1.807) is 23.9 Å². The summed E-state index contributed by atoms with van der Waals surface area (Å²) in [4.78, 5) is 2.61. The number of hydrogen-bond donors (Lipinski definition) is 0. The maximum Gasteiger partial charge on any atom is 0.179 e. The van der Waals surface area contributed by atoms with Gasteiger partial charge in [0.2, 0.25) is 0 Å². The van der Waals surface area contributed by atoms with Crippen LogP contribution in [0.1, 0.15) is 5.56 Å². The molecule has 0 N–H and O–H groups in total. The third kappa shape index (κ3) is 4.54. The lowest BCUT2D eigenvalue weighted by molar-refractivity contribution is 0.596. The molecule has 0 spiro atoms. The average Bonchev–Trinajstić information content (AvgIpc) is 3.51. The van der Waals surface area contributed by atoms with Crippen LogP contribution in [-0.2, 0) is 16.4 Å². The van der Waals surface area contributed by atoms with E-state index in [9.17, 15) is 8.42 Å². The van der Waals surface area contributed by atoms with E-state index in [0.717, 1.165) is 23.7 Å². The summed E-state index contributed by atoms with van der Waals surface area (Å²) in [5, 5.41) is 0.272. The molecule has 0 amide bonds. The summed E-state index contributed by atoms with van der Waals surface area (Å²) in [6.07, 6.45) is 0. The number of anilines is 2. The van der Waals surface area contributed by atoms with E-state index in [-0.39, 0.29) is 11.0 Å². The van der Waals surface area contributed by atoms with Crippen LogP contribution in [0, 0.1) is 0 Å². The summed E-state index contributed by atoms with van der Waals surface area (Å²) in [5.74, 6) is 1.19. The van der Waals surface area contributed by atoms with E-state index >= 15 is 0 Å². The Morgan fingerprint density at radius 3 is 1.96 bits per heavy atom. The molecule has 1 heterocycles. The fourth-order valence-corrected chi connectivity index (χ4v) is 5.72. The van der Waals surface area contributed by atoms with Crippen molar-refractivity contribution in [2.75, 3.05) is 16.4 Å². The van der Waals surface area contributed by atoms with Gasteiger partial charge >= 0.3 is 0 Å². The van der Waals surface area contributed by atoms with Crippen molar-refractivity contribution in [3.8, 4) is 0 Å². The van der Waals surface area contributed by atoms with Crippen molar-refractivity contribution >= 4 is 33.0 Å². The molecule has 0 bridgehead atoms. The molecule has 0 unspecified atom stereocenters. The Balaban J connectivity index is 1.63. The molecule has 0 aliphatic carbocycles. The van der Waals surface area contributed by atoms with E-state index in [2.05, 4.69) is 29.2 Å². The quantitative estimate of drug-likeness (QED) is 0.533. The zero-order chi connectivity index (χ0) is 18.7. The van der Waals surface area contributed by atoms with Crippen LogP contribution in [0.25, 0.3) is 0 Å². The summed E-state index contributed by atoms with van der Waals surface area (Å²) >= 11 is 1.71. The molecule has 138 valence electrons. The van der Waals surface area contributed by atoms with Gasteiger partial charge in [-0.2, -0.15) is 11.8 Å². The van der Waals surface area contributed by atoms with Crippen LogP contribution in [0.15, 0.2) is 89.8 Å². The van der Waals surface area contributed by atoms with Crippen molar-refractivity contribution in [2.45, 2.75) is 16.7 Å². The Hall–Kier alpha value is -2.24. The fourth-order valence-electron chi connectivity index (χ4n) is 3.04. The molecule has 3 nitrogen and oxygen atoms in total. The van der Waals surface area contributed by atoms with Gasteiger partial charge in [0, 0.05) is 28.9 Å². The molecule has 27 heavy (non-hydrogen) atoms. The summed E-state index contributed by atoms with van der Waals surface area (Å²) in [6.45, 7) is 0.718. The lowest BCUT2D eigenvalue weighted by atomic mass is 10.1. The molecule has 3 aromatic rings. The van der Waals surface area contributed by atoms with Gasteiger partial charge in [0.25, 0.3) is 0 Å². The van der Waals surface area contributed by atoms with Gasteiger partial charge in [-0.05, 0) is 42.0 Å². The van der Waals surface area contributed by atoms with E-state index in [0.29, 0.717) is 4.90 Å². The minimum Gasteiger partial charge on any atom is -0.337 e. The predicted molar refractivity (Wildman–Crippen MR) is 113 cm³/mol. The van der Waals surface area contributed by atoms with Crippen molar-refractivity contribution in [3.05, 3.63) is 90.5 Å². The van der Waals surface area contributed by atoms with Gasteiger partial charge in [0.1, 0.15) is 0 Å². The van der Waals surface area contributed by atoms with E-state index in [4.69, 9.17) is 0 Å². The second-order valence-electron chi connectivity index (χ2n) is 6.64. The second-order valence-corrected chi connectivity index (χ2v) is 10.0. The van der Waals surface area contributed by atoms with Crippen LogP contribution in [0.5, 0.6) is 0 Å². The molecule has 1 fully saturated rings. The molecule has 1 saturated heterocycles. The molecule has 1 atom stereocenters. The largest absolute Gasteiger partial charge is 0.337 e. The van der Waals surface area contributed by atoms with Crippen LogP contribution in [0.3, 0.4) is 0 Å². The zero-order valence-electron chi connectivity index (χ0n) is 14.9. The first-order chi connectivity index (χ1) is 13.1. The minimum atomic E-state index is -3.20. The van der Waals surface area contributed by atoms with Gasteiger partial charge < -0.3 is 4.90 Å². The number of thioether (sulfide) groups is 1. The maximum atomic E-state index is 12.5. The smallest absolute Gasteiger partial charge is 0.179 e. The van der Waals surface area contributed by atoms with Gasteiger partial charge in [0.15, 0.2) is 9.84 Å². The number of sulfone groups is 1. The summed E-state index contributed by atoms with van der Waals surface area (Å²) in [7, 11) is -3.20. The van der Waals surface area contributed by atoms with Gasteiger partial charge in [-0.25, -0.2) is 8.42 Å². The second kappa shape index (κ2) is 7.79. The Bertz CT molecular complexity index is 984. The topological polar surface area (TPSA) is 37.4 Å². The van der Waals surface area contributed by atoms with E-state index in [1.807, 2.05) is 48.5 Å². The van der Waals surface area contributed by atoms with Crippen molar-refractivity contribution < 1.29 is 8.42 Å². The average molecular weight is 396 g/mol. The third-order valence-electron chi connectivity index (χ3n) is 4.57. The van der Waals surface area contributed by atoms with Crippen LogP contribution in [0.2, 0.25) is 0 Å². The first-order valence-corrected chi connectivity index (χ1v) is 11.6. The van der Waals surface area contributed by atoms with Gasteiger partial charge in [-0.1, -0.05) is 48.5 Å². The molecule has 5 heteroatoms. The highest BCUT2D eigenvalue weighted by Crippen LogP contribution is 2.33. The molecular formula is C22H21NO2S2. The lowest BCUT2D eigenvalue weighted by Crippen LogP contribution is -2.17.